The summed E-state index contributed by atoms with van der Waals surface area (Å²) in [7, 11) is 0. The molecule has 13 nitrogen and oxygen atoms in total. The highest BCUT2D eigenvalue weighted by Crippen LogP contribution is 2.36. The van der Waals surface area contributed by atoms with Crippen molar-refractivity contribution in [3.63, 3.8) is 0 Å². The third kappa shape index (κ3) is 6.26. The third-order valence-electron chi connectivity index (χ3n) is 10.1. The molecule has 8 rings (SSSR count). The summed E-state index contributed by atoms with van der Waals surface area (Å²) in [5, 5.41) is 14.4. The maximum atomic E-state index is 13.7. The number of anilines is 2. The Hall–Kier alpha value is -6.76. The Morgan fingerprint density at radius 3 is 2.45 bits per heavy atom. The van der Waals surface area contributed by atoms with Crippen molar-refractivity contribution >= 4 is 51.8 Å². The largest absolute Gasteiger partial charge is 0.416 e. The first kappa shape index (κ1) is 35.3. The van der Waals surface area contributed by atoms with E-state index in [9.17, 15) is 37.1 Å². The van der Waals surface area contributed by atoms with Crippen LogP contribution < -0.4 is 15.5 Å². The summed E-state index contributed by atoms with van der Waals surface area (Å²) in [6, 6.07) is 14.0. The van der Waals surface area contributed by atoms with E-state index < -0.39 is 52.9 Å². The van der Waals surface area contributed by atoms with Crippen LogP contribution >= 0.6 is 0 Å². The highest BCUT2D eigenvalue weighted by molar-refractivity contribution is 6.23. The van der Waals surface area contributed by atoms with Gasteiger partial charge in [0.1, 0.15) is 11.6 Å². The lowest BCUT2D eigenvalue weighted by molar-refractivity contribution is -0.138. The van der Waals surface area contributed by atoms with Crippen LogP contribution in [-0.2, 0) is 26.1 Å². The lowest BCUT2D eigenvalue weighted by atomic mass is 9.98. The molecule has 55 heavy (non-hydrogen) atoms. The standard InChI is InChI=1S/C39H31F3N8O5/c1-38(2,37(55)45-29-12-9-25(39(40,41)42)15-32(29)50-30-6-4-3-5-24(30)18-44-50)48-21-22(17-43-48)7-8-23-19-47(20-23)26-10-11-27-28(16-26)36(54)49(35(27)53)31-13-14-33(51)46-34(31)52/h3-6,9-12,15-18,21,23,31H,13-14,19-20H2,1-2H3,(H,45,55)(H,46,51,52). The maximum Gasteiger partial charge on any atom is 0.416 e. The van der Waals surface area contributed by atoms with Gasteiger partial charge in [0.05, 0.1) is 57.5 Å². The normalized spacial score (nSPS) is 17.5. The molecule has 5 heterocycles. The number of alkyl halides is 3. The average molecular weight is 749 g/mol. The van der Waals surface area contributed by atoms with E-state index in [0.29, 0.717) is 24.2 Å². The number of carbonyl (C=O) groups is 5. The van der Waals surface area contributed by atoms with Gasteiger partial charge < -0.3 is 10.2 Å². The van der Waals surface area contributed by atoms with Crippen LogP contribution in [0.4, 0.5) is 24.5 Å². The zero-order valence-electron chi connectivity index (χ0n) is 29.3. The van der Waals surface area contributed by atoms with E-state index in [0.717, 1.165) is 28.1 Å². The van der Waals surface area contributed by atoms with Crippen molar-refractivity contribution in [2.75, 3.05) is 23.3 Å². The summed E-state index contributed by atoms with van der Waals surface area (Å²) in [6.45, 7) is 4.35. The first-order valence-electron chi connectivity index (χ1n) is 17.3. The van der Waals surface area contributed by atoms with Gasteiger partial charge in [0.15, 0.2) is 0 Å². The maximum absolute atomic E-state index is 13.7. The van der Waals surface area contributed by atoms with Crippen molar-refractivity contribution in [2.24, 2.45) is 5.92 Å². The molecular formula is C39H31F3N8O5. The fourth-order valence-corrected chi connectivity index (χ4v) is 6.85. The molecule has 2 N–H and O–H groups in total. The number of para-hydroxylation sites is 1. The van der Waals surface area contributed by atoms with Crippen molar-refractivity contribution in [1.29, 1.82) is 0 Å². The summed E-state index contributed by atoms with van der Waals surface area (Å²) in [6.07, 6.45) is 0.183. The van der Waals surface area contributed by atoms with Crippen LogP contribution in [0.1, 0.15) is 58.5 Å². The molecule has 0 bridgehead atoms. The highest BCUT2D eigenvalue weighted by atomic mass is 19.4. The predicted molar refractivity (Wildman–Crippen MR) is 192 cm³/mol. The summed E-state index contributed by atoms with van der Waals surface area (Å²) < 4.78 is 44.0. The predicted octanol–water partition coefficient (Wildman–Crippen LogP) is 4.50. The van der Waals surface area contributed by atoms with Crippen molar-refractivity contribution < 1.29 is 37.1 Å². The molecule has 2 aromatic heterocycles. The number of imide groups is 2. The topological polar surface area (TPSA) is 152 Å². The van der Waals surface area contributed by atoms with E-state index >= 15 is 0 Å². The number of nitrogens with zero attached hydrogens (tertiary/aromatic N) is 6. The molecule has 3 aliphatic rings. The van der Waals surface area contributed by atoms with Gasteiger partial charge in [-0.2, -0.15) is 23.4 Å². The second-order valence-corrected chi connectivity index (χ2v) is 14.1. The van der Waals surface area contributed by atoms with E-state index in [2.05, 4.69) is 32.7 Å². The SMILES string of the molecule is CC(C)(C(=O)Nc1ccc(C(F)(F)F)cc1-n1ncc2ccccc21)n1cc(C#CC2CN(c3ccc4c(c3)C(=O)N(C3CCC(=O)NC3=O)C4=O)C2)cn1. The smallest absolute Gasteiger partial charge is 0.369 e. The van der Waals surface area contributed by atoms with Gasteiger partial charge in [0.2, 0.25) is 11.8 Å². The molecule has 278 valence electrons. The molecule has 0 radical (unpaired) electrons. The number of aromatic nitrogens is 4. The van der Waals surface area contributed by atoms with Crippen LogP contribution in [0.15, 0.2) is 79.3 Å². The van der Waals surface area contributed by atoms with Gasteiger partial charge in [0.25, 0.3) is 17.7 Å². The number of nitrogens with one attached hydrogen (secondary N) is 2. The zero-order valence-corrected chi connectivity index (χ0v) is 29.3. The molecule has 0 saturated carbocycles. The quantitative estimate of drug-likeness (QED) is 0.190. The monoisotopic (exact) mass is 748 g/mol. The van der Waals surface area contributed by atoms with Gasteiger partial charge in [-0.25, -0.2) is 4.68 Å². The van der Waals surface area contributed by atoms with Crippen LogP contribution in [0.3, 0.4) is 0 Å². The molecular weight excluding hydrogens is 717 g/mol. The summed E-state index contributed by atoms with van der Waals surface area (Å²) in [4.78, 5) is 66.8. The summed E-state index contributed by atoms with van der Waals surface area (Å²) in [5.41, 5.74) is 0.261. The first-order chi connectivity index (χ1) is 26.2. The molecule has 16 heteroatoms. The molecule has 0 spiro atoms. The number of hydrogen-bond donors (Lipinski definition) is 2. The van der Waals surface area contributed by atoms with Crippen LogP contribution in [0.5, 0.6) is 0 Å². The Kier molecular flexibility index (Phi) is 8.32. The molecule has 5 amide bonds. The van der Waals surface area contributed by atoms with Crippen molar-refractivity contribution in [3.05, 3.63) is 102 Å². The summed E-state index contributed by atoms with van der Waals surface area (Å²) >= 11 is 0. The van der Waals surface area contributed by atoms with E-state index in [-0.39, 0.29) is 41.3 Å². The van der Waals surface area contributed by atoms with Gasteiger partial charge in [-0.3, -0.25) is 38.9 Å². The summed E-state index contributed by atoms with van der Waals surface area (Å²) in [5.74, 6) is 3.49. The first-order valence-corrected chi connectivity index (χ1v) is 17.3. The molecule has 2 fully saturated rings. The molecule has 0 aliphatic carbocycles. The van der Waals surface area contributed by atoms with Crippen molar-refractivity contribution in [3.8, 4) is 17.5 Å². The molecule has 1 unspecified atom stereocenters. The fourth-order valence-electron chi connectivity index (χ4n) is 6.85. The number of amides is 5. The minimum absolute atomic E-state index is 0.0262. The third-order valence-corrected chi connectivity index (χ3v) is 10.1. The Bertz CT molecular complexity index is 2520. The minimum Gasteiger partial charge on any atom is -0.369 e. The number of hydrogen-bond acceptors (Lipinski definition) is 8. The van der Waals surface area contributed by atoms with Crippen LogP contribution in [0.2, 0.25) is 0 Å². The lowest BCUT2D eigenvalue weighted by Gasteiger charge is -2.38. The van der Waals surface area contributed by atoms with Gasteiger partial charge in [-0.15, -0.1) is 0 Å². The van der Waals surface area contributed by atoms with Crippen molar-refractivity contribution in [2.45, 2.75) is 44.4 Å². The highest BCUT2D eigenvalue weighted by Gasteiger charge is 2.45. The fraction of sp³-hybridized carbons (Fsp3) is 0.256. The van der Waals surface area contributed by atoms with Gasteiger partial charge in [-0.05, 0) is 62.7 Å². The Labute approximate surface area is 311 Å². The number of fused-ring (bicyclic) bond motifs is 2. The van der Waals surface area contributed by atoms with E-state index in [1.807, 2.05) is 4.90 Å². The van der Waals surface area contributed by atoms with Crippen LogP contribution in [0, 0.1) is 17.8 Å². The van der Waals surface area contributed by atoms with Gasteiger partial charge in [0, 0.05) is 36.8 Å². The minimum atomic E-state index is -4.61. The van der Waals surface area contributed by atoms with Crippen LogP contribution in [0.25, 0.3) is 16.6 Å². The van der Waals surface area contributed by atoms with E-state index in [1.54, 1.807) is 62.5 Å². The second-order valence-electron chi connectivity index (χ2n) is 14.1. The number of rotatable bonds is 6. The zero-order chi connectivity index (χ0) is 38.8. The van der Waals surface area contributed by atoms with Crippen LogP contribution in [-0.4, -0.2) is 73.1 Å². The Balaban J connectivity index is 0.933. The second kappa shape index (κ2) is 13.0. The molecule has 5 aromatic rings. The number of benzene rings is 3. The van der Waals surface area contributed by atoms with Gasteiger partial charge >= 0.3 is 6.18 Å². The molecule has 3 aliphatic heterocycles. The number of halogens is 3. The Morgan fingerprint density at radius 1 is 0.927 bits per heavy atom. The number of piperidine rings is 1. The number of carbonyl (C=O) groups excluding carboxylic acids is 5. The Morgan fingerprint density at radius 2 is 1.69 bits per heavy atom. The molecule has 3 aromatic carbocycles. The van der Waals surface area contributed by atoms with E-state index in [1.165, 1.54) is 27.8 Å². The average Bonchev–Trinajstić information content (AvgIpc) is 3.85. The van der Waals surface area contributed by atoms with Gasteiger partial charge in [-0.1, -0.05) is 30.0 Å². The van der Waals surface area contributed by atoms with Crippen molar-refractivity contribution in [1.82, 2.24) is 29.8 Å². The molecule has 1 atom stereocenters. The molecule has 2 saturated heterocycles. The lowest BCUT2D eigenvalue weighted by Crippen LogP contribution is -2.54. The van der Waals surface area contributed by atoms with E-state index in [4.69, 9.17) is 0 Å².